The van der Waals surface area contributed by atoms with Crippen LogP contribution >= 0.6 is 0 Å². The zero-order valence-electron chi connectivity index (χ0n) is 19.1. The van der Waals surface area contributed by atoms with E-state index in [1.165, 1.54) is 25.7 Å². The maximum absolute atomic E-state index is 13.3. The van der Waals surface area contributed by atoms with Crippen molar-refractivity contribution in [3.05, 3.63) is 42.7 Å². The van der Waals surface area contributed by atoms with Gasteiger partial charge in [-0.15, -0.1) is 6.58 Å². The predicted molar refractivity (Wildman–Crippen MR) is 125 cm³/mol. The first kappa shape index (κ1) is 20.2. The number of fused-ring (bicyclic) bond motifs is 6. The molecule has 0 aliphatic heterocycles. The van der Waals surface area contributed by atoms with Gasteiger partial charge in [0.25, 0.3) is 0 Å². The molecule has 4 aliphatic carbocycles. The molecular formula is C27H33N3O2. The maximum atomic E-state index is 13.3. The second-order valence-corrected chi connectivity index (χ2v) is 11.2. The first-order valence-electron chi connectivity index (χ1n) is 12.3. The summed E-state index contributed by atoms with van der Waals surface area (Å²) in [6, 6.07) is 1.86. The van der Waals surface area contributed by atoms with Gasteiger partial charge in [0.15, 0.2) is 5.78 Å². The fraction of sp³-hybridized carbons (Fsp3) is 0.593. The molecule has 5 heteroatoms. The molecule has 2 aromatic heterocycles. The van der Waals surface area contributed by atoms with Gasteiger partial charge >= 0.3 is 0 Å². The van der Waals surface area contributed by atoms with Gasteiger partial charge in [-0.2, -0.15) is 0 Å². The summed E-state index contributed by atoms with van der Waals surface area (Å²) in [6.07, 6.45) is 13.0. The van der Waals surface area contributed by atoms with Crippen LogP contribution in [0.1, 0.15) is 64.5 Å². The Hall–Kier alpha value is -2.43. The highest BCUT2D eigenvalue weighted by Gasteiger charge is 2.62. The summed E-state index contributed by atoms with van der Waals surface area (Å²) in [5.41, 5.74) is 2.40. The Kier molecular flexibility index (Phi) is 4.28. The second-order valence-electron chi connectivity index (χ2n) is 11.2. The van der Waals surface area contributed by atoms with Crippen molar-refractivity contribution in [1.29, 1.82) is 0 Å². The molecule has 0 amide bonds. The first-order valence-corrected chi connectivity index (χ1v) is 12.3. The number of carbonyl (C=O) groups excluding carboxylic acids is 1. The van der Waals surface area contributed by atoms with Gasteiger partial charge < -0.3 is 10.1 Å². The van der Waals surface area contributed by atoms with E-state index in [2.05, 4.69) is 41.5 Å². The lowest BCUT2D eigenvalue weighted by atomic mass is 9.45. The molecule has 0 unspecified atom stereocenters. The Labute approximate surface area is 189 Å². The average molecular weight is 432 g/mol. The quantitative estimate of drug-likeness (QED) is 0.584. The number of ketones is 1. The van der Waals surface area contributed by atoms with Crippen molar-refractivity contribution in [1.82, 2.24) is 15.0 Å². The molecule has 4 aliphatic rings. The van der Waals surface area contributed by atoms with Crippen LogP contribution in [0.4, 0.5) is 0 Å². The van der Waals surface area contributed by atoms with Crippen molar-refractivity contribution in [3.63, 3.8) is 0 Å². The summed E-state index contributed by atoms with van der Waals surface area (Å²) in [6.45, 7) is 8.87. The van der Waals surface area contributed by atoms with E-state index in [0.29, 0.717) is 52.3 Å². The topological polar surface area (TPSA) is 78.9 Å². The van der Waals surface area contributed by atoms with Crippen LogP contribution in [0.25, 0.3) is 16.6 Å². The molecule has 0 aromatic carbocycles. The van der Waals surface area contributed by atoms with Gasteiger partial charge in [-0.1, -0.05) is 19.9 Å². The van der Waals surface area contributed by atoms with Crippen LogP contribution in [0.5, 0.6) is 0 Å². The minimum atomic E-state index is -0.375. The number of hydrogen-bond acceptors (Lipinski definition) is 4. The van der Waals surface area contributed by atoms with Gasteiger partial charge in [0, 0.05) is 18.0 Å². The third-order valence-electron chi connectivity index (χ3n) is 10.3. The number of rotatable bonds is 2. The fourth-order valence-corrected chi connectivity index (χ4v) is 8.56. The van der Waals surface area contributed by atoms with E-state index >= 15 is 0 Å². The third-order valence-corrected chi connectivity index (χ3v) is 10.3. The number of carbonyl (C=O) groups is 1. The number of nitrogens with one attached hydrogen (secondary N) is 1. The minimum absolute atomic E-state index is 0.0136. The van der Waals surface area contributed by atoms with Crippen molar-refractivity contribution in [2.75, 3.05) is 0 Å². The number of aliphatic hydroxyl groups excluding tert-OH is 1. The highest BCUT2D eigenvalue weighted by molar-refractivity contribution is 6.24. The van der Waals surface area contributed by atoms with E-state index in [4.69, 9.17) is 0 Å². The number of aromatic nitrogens is 3. The van der Waals surface area contributed by atoms with Gasteiger partial charge in [0.2, 0.25) is 0 Å². The summed E-state index contributed by atoms with van der Waals surface area (Å²) in [7, 11) is 0. The van der Waals surface area contributed by atoms with Gasteiger partial charge in [0.05, 0.1) is 17.4 Å². The standard InChI is InChI=1S/C27H33N3O2/c1-4-15-6-8-18-17-7-5-16-13-21(31)22(24-23-20(10-12-28-24)29-14-30-23)25(32)27(16,3)19(17)9-11-26(15,18)2/h4,10,12,14-19,32H,1,5-9,11,13H2,2-3H3,(H,29,30)/t15-,16-,17-,18-,19-,26+,27-/m0/s1. The minimum Gasteiger partial charge on any atom is -0.511 e. The number of imidazole rings is 1. The molecule has 3 fully saturated rings. The van der Waals surface area contributed by atoms with Crippen LogP contribution in [-0.4, -0.2) is 25.8 Å². The summed E-state index contributed by atoms with van der Waals surface area (Å²) >= 11 is 0. The van der Waals surface area contributed by atoms with E-state index in [0.717, 1.165) is 18.4 Å². The van der Waals surface area contributed by atoms with Crippen LogP contribution < -0.4 is 0 Å². The molecule has 0 spiro atoms. The van der Waals surface area contributed by atoms with Crippen LogP contribution in [0.15, 0.2) is 37.0 Å². The van der Waals surface area contributed by atoms with Crippen molar-refractivity contribution in [2.45, 2.75) is 58.8 Å². The molecule has 7 atom stereocenters. The Balaban J connectivity index is 1.47. The van der Waals surface area contributed by atoms with E-state index in [1.54, 1.807) is 12.5 Å². The number of aromatic amines is 1. The van der Waals surface area contributed by atoms with E-state index in [9.17, 15) is 9.90 Å². The molecule has 0 bridgehead atoms. The molecule has 168 valence electrons. The molecule has 2 aromatic rings. The number of H-pyrrole nitrogens is 1. The Morgan fingerprint density at radius 1 is 1.16 bits per heavy atom. The number of pyridine rings is 1. The molecule has 2 heterocycles. The number of Topliss-reactive ketones (excluding diaryl/α,β-unsaturated/α-hetero) is 1. The fourth-order valence-electron chi connectivity index (χ4n) is 8.56. The van der Waals surface area contributed by atoms with E-state index in [1.807, 2.05) is 6.07 Å². The molecule has 0 saturated heterocycles. The van der Waals surface area contributed by atoms with Crippen LogP contribution in [0, 0.1) is 40.4 Å². The smallest absolute Gasteiger partial charge is 0.168 e. The average Bonchev–Trinajstić information content (AvgIpc) is 3.39. The lowest BCUT2D eigenvalue weighted by Gasteiger charge is -2.59. The lowest BCUT2D eigenvalue weighted by Crippen LogP contribution is -2.54. The molecule has 0 radical (unpaired) electrons. The van der Waals surface area contributed by atoms with Crippen LogP contribution in [0.3, 0.4) is 0 Å². The zero-order chi connectivity index (χ0) is 22.3. The molecule has 2 N–H and O–H groups in total. The van der Waals surface area contributed by atoms with Crippen LogP contribution in [0.2, 0.25) is 0 Å². The van der Waals surface area contributed by atoms with Gasteiger partial charge in [0.1, 0.15) is 17.0 Å². The van der Waals surface area contributed by atoms with Crippen molar-refractivity contribution in [2.24, 2.45) is 40.4 Å². The number of allylic oxidation sites excluding steroid dienone is 3. The summed E-state index contributed by atoms with van der Waals surface area (Å²) in [5, 5.41) is 11.9. The van der Waals surface area contributed by atoms with Gasteiger partial charge in [-0.25, -0.2) is 4.98 Å². The monoisotopic (exact) mass is 431 g/mol. The zero-order valence-corrected chi connectivity index (χ0v) is 19.1. The number of hydrogen-bond donors (Lipinski definition) is 2. The molecule has 6 rings (SSSR count). The largest absolute Gasteiger partial charge is 0.511 e. The SMILES string of the molecule is C=C[C@H]1CC[C@H]2[C@@H]3CC[C@H]4CC(=O)C(c5nccc6[nH]cnc56)=C(O)[C@]4(C)[C@H]3CC[C@]12C. The molecule has 3 saturated carbocycles. The van der Waals surface area contributed by atoms with Crippen molar-refractivity contribution in [3.8, 4) is 0 Å². The van der Waals surface area contributed by atoms with Gasteiger partial charge in [-0.3, -0.25) is 9.78 Å². The second kappa shape index (κ2) is 6.79. The summed E-state index contributed by atoms with van der Waals surface area (Å²) in [4.78, 5) is 25.4. The molecule has 32 heavy (non-hydrogen) atoms. The van der Waals surface area contributed by atoms with E-state index < -0.39 is 0 Å². The Morgan fingerprint density at radius 3 is 2.81 bits per heavy atom. The van der Waals surface area contributed by atoms with E-state index in [-0.39, 0.29) is 22.9 Å². The van der Waals surface area contributed by atoms with Crippen LogP contribution in [-0.2, 0) is 4.79 Å². The highest BCUT2D eigenvalue weighted by atomic mass is 16.3. The number of nitrogens with zero attached hydrogens (tertiary/aromatic N) is 2. The Bertz CT molecular complexity index is 1150. The van der Waals surface area contributed by atoms with Crippen molar-refractivity contribution < 1.29 is 9.90 Å². The van der Waals surface area contributed by atoms with Crippen molar-refractivity contribution >= 4 is 22.4 Å². The summed E-state index contributed by atoms with van der Waals surface area (Å²) in [5.74, 6) is 2.80. The van der Waals surface area contributed by atoms with Gasteiger partial charge in [-0.05, 0) is 79.6 Å². The number of aliphatic hydroxyl groups is 1. The third kappa shape index (κ3) is 2.43. The molecule has 5 nitrogen and oxygen atoms in total. The maximum Gasteiger partial charge on any atom is 0.168 e. The predicted octanol–water partition coefficient (Wildman–Crippen LogP) is 5.86. The normalized spacial score (nSPS) is 41.3. The molecular weight excluding hydrogens is 398 g/mol. The Morgan fingerprint density at radius 2 is 2.00 bits per heavy atom. The summed E-state index contributed by atoms with van der Waals surface area (Å²) < 4.78 is 0. The lowest BCUT2D eigenvalue weighted by molar-refractivity contribution is -0.125. The first-order chi connectivity index (χ1) is 15.4. The highest BCUT2D eigenvalue weighted by Crippen LogP contribution is 2.68.